The summed E-state index contributed by atoms with van der Waals surface area (Å²) < 4.78 is 5.64. The Kier molecular flexibility index (Phi) is 8.28. The number of carbonyl (C=O) groups excluding carboxylic acids is 2. The van der Waals surface area contributed by atoms with E-state index in [1.54, 1.807) is 9.80 Å². The molecule has 3 N–H and O–H groups in total. The standard InChI is InChI=1S/C26H38N4O5/c1-2-3-10-28(12-9-27)24(32)17-30-15-20(18-6-7-22-19(14-18)8-13-35-22)25(26(33)34)21(30)16-29-11-4-5-23(29)31/h6-7,14,20-21,25H,2-5,8-13,15-17,27H2,1H3,(H,33,34). The summed E-state index contributed by atoms with van der Waals surface area (Å²) in [6, 6.07) is 5.51. The molecule has 4 rings (SSSR count). The van der Waals surface area contributed by atoms with Crippen LogP contribution in [0.15, 0.2) is 18.2 Å². The summed E-state index contributed by atoms with van der Waals surface area (Å²) in [5, 5.41) is 10.3. The summed E-state index contributed by atoms with van der Waals surface area (Å²) in [5.41, 5.74) is 7.82. The minimum Gasteiger partial charge on any atom is -0.493 e. The summed E-state index contributed by atoms with van der Waals surface area (Å²) >= 11 is 0. The number of hydrogen-bond acceptors (Lipinski definition) is 6. The third-order valence-corrected chi connectivity index (χ3v) is 7.63. The topological polar surface area (TPSA) is 116 Å². The van der Waals surface area contributed by atoms with Gasteiger partial charge in [0.15, 0.2) is 0 Å². The highest BCUT2D eigenvalue weighted by molar-refractivity contribution is 5.80. The number of carbonyl (C=O) groups is 3. The van der Waals surface area contributed by atoms with Crippen molar-refractivity contribution >= 4 is 17.8 Å². The smallest absolute Gasteiger partial charge is 0.308 e. The zero-order valence-corrected chi connectivity index (χ0v) is 20.7. The first-order chi connectivity index (χ1) is 16.9. The van der Waals surface area contributed by atoms with Gasteiger partial charge in [-0.15, -0.1) is 0 Å². The second-order valence-electron chi connectivity index (χ2n) is 9.90. The van der Waals surface area contributed by atoms with Crippen molar-refractivity contribution < 1.29 is 24.2 Å². The molecule has 35 heavy (non-hydrogen) atoms. The fraction of sp³-hybridized carbons (Fsp3) is 0.654. The molecule has 192 valence electrons. The molecule has 0 saturated carbocycles. The summed E-state index contributed by atoms with van der Waals surface area (Å²) in [7, 11) is 0. The molecule has 0 bridgehead atoms. The SMILES string of the molecule is CCCCN(CCN)C(=O)CN1CC(c2ccc3c(c2)CCO3)C(C(=O)O)C1CN1CCCC1=O. The Bertz CT molecular complexity index is 938. The number of unbranched alkanes of at least 4 members (excludes halogenated alkanes) is 1. The van der Waals surface area contributed by atoms with Crippen LogP contribution in [0.2, 0.25) is 0 Å². The van der Waals surface area contributed by atoms with E-state index in [-0.39, 0.29) is 24.3 Å². The maximum atomic E-state index is 13.3. The fourth-order valence-electron chi connectivity index (χ4n) is 5.76. The molecular formula is C26H38N4O5. The molecule has 9 nitrogen and oxygen atoms in total. The second-order valence-corrected chi connectivity index (χ2v) is 9.90. The number of rotatable bonds is 11. The predicted molar refractivity (Wildman–Crippen MR) is 131 cm³/mol. The van der Waals surface area contributed by atoms with Gasteiger partial charge < -0.3 is 25.4 Å². The number of amides is 2. The molecule has 1 aromatic carbocycles. The monoisotopic (exact) mass is 486 g/mol. The molecule has 2 amide bonds. The van der Waals surface area contributed by atoms with Crippen LogP contribution in [0, 0.1) is 5.92 Å². The minimum atomic E-state index is -0.886. The lowest BCUT2D eigenvalue weighted by molar-refractivity contribution is -0.144. The largest absolute Gasteiger partial charge is 0.493 e. The van der Waals surface area contributed by atoms with E-state index >= 15 is 0 Å². The van der Waals surface area contributed by atoms with E-state index in [0.717, 1.165) is 42.6 Å². The van der Waals surface area contributed by atoms with E-state index in [2.05, 4.69) is 13.0 Å². The molecule has 0 aromatic heterocycles. The fourth-order valence-corrected chi connectivity index (χ4v) is 5.76. The van der Waals surface area contributed by atoms with Crippen LogP contribution < -0.4 is 10.5 Å². The summed E-state index contributed by atoms with van der Waals surface area (Å²) in [4.78, 5) is 43.9. The normalized spacial score (nSPS) is 24.0. The first-order valence-electron chi connectivity index (χ1n) is 12.9. The Morgan fingerprint density at radius 1 is 1.26 bits per heavy atom. The lowest BCUT2D eigenvalue weighted by Crippen LogP contribution is -2.49. The highest BCUT2D eigenvalue weighted by Crippen LogP contribution is 2.40. The van der Waals surface area contributed by atoms with Gasteiger partial charge in [0, 0.05) is 64.1 Å². The Morgan fingerprint density at radius 3 is 2.77 bits per heavy atom. The highest BCUT2D eigenvalue weighted by atomic mass is 16.5. The van der Waals surface area contributed by atoms with Gasteiger partial charge in [-0.1, -0.05) is 25.5 Å². The van der Waals surface area contributed by atoms with Gasteiger partial charge in [-0.25, -0.2) is 0 Å². The van der Waals surface area contributed by atoms with Crippen LogP contribution in [0.5, 0.6) is 5.75 Å². The van der Waals surface area contributed by atoms with Crippen LogP contribution in [-0.4, -0.2) is 96.1 Å². The number of fused-ring (bicyclic) bond motifs is 1. The molecule has 3 aliphatic heterocycles. The zero-order chi connectivity index (χ0) is 24.9. The van der Waals surface area contributed by atoms with Gasteiger partial charge in [0.05, 0.1) is 19.1 Å². The van der Waals surface area contributed by atoms with E-state index in [4.69, 9.17) is 10.5 Å². The summed E-state index contributed by atoms with van der Waals surface area (Å²) in [6.07, 6.45) is 3.97. The van der Waals surface area contributed by atoms with Gasteiger partial charge in [0.25, 0.3) is 0 Å². The quantitative estimate of drug-likeness (QED) is 0.484. The lowest BCUT2D eigenvalue weighted by atomic mass is 9.84. The number of hydrogen-bond donors (Lipinski definition) is 2. The van der Waals surface area contributed by atoms with Gasteiger partial charge >= 0.3 is 5.97 Å². The Labute approximate surface area is 207 Å². The average molecular weight is 487 g/mol. The first-order valence-corrected chi connectivity index (χ1v) is 12.9. The van der Waals surface area contributed by atoms with Crippen LogP contribution in [0.3, 0.4) is 0 Å². The molecule has 9 heteroatoms. The number of nitrogens with zero attached hydrogens (tertiary/aromatic N) is 3. The van der Waals surface area contributed by atoms with E-state index in [9.17, 15) is 19.5 Å². The highest BCUT2D eigenvalue weighted by Gasteiger charge is 2.48. The van der Waals surface area contributed by atoms with Crippen LogP contribution in [-0.2, 0) is 20.8 Å². The molecule has 0 spiro atoms. The first kappa shape index (κ1) is 25.4. The van der Waals surface area contributed by atoms with Crippen LogP contribution in [0.1, 0.15) is 49.7 Å². The molecule has 0 radical (unpaired) electrons. The molecule has 3 unspecified atom stereocenters. The van der Waals surface area contributed by atoms with Crippen LogP contribution in [0.4, 0.5) is 0 Å². The van der Waals surface area contributed by atoms with Crippen molar-refractivity contribution in [1.82, 2.24) is 14.7 Å². The van der Waals surface area contributed by atoms with Crippen molar-refractivity contribution in [3.05, 3.63) is 29.3 Å². The van der Waals surface area contributed by atoms with E-state index in [0.29, 0.717) is 52.3 Å². The van der Waals surface area contributed by atoms with Crippen molar-refractivity contribution in [3.63, 3.8) is 0 Å². The lowest BCUT2D eigenvalue weighted by Gasteiger charge is -2.32. The average Bonchev–Trinajstić information content (AvgIpc) is 3.55. The van der Waals surface area contributed by atoms with Gasteiger partial charge in [-0.2, -0.15) is 0 Å². The minimum absolute atomic E-state index is 0.0335. The second kappa shape index (κ2) is 11.4. The Balaban J connectivity index is 1.61. The Morgan fingerprint density at radius 2 is 2.09 bits per heavy atom. The van der Waals surface area contributed by atoms with Crippen molar-refractivity contribution in [3.8, 4) is 5.75 Å². The van der Waals surface area contributed by atoms with Crippen LogP contribution in [0.25, 0.3) is 0 Å². The van der Waals surface area contributed by atoms with Crippen LogP contribution >= 0.6 is 0 Å². The number of ether oxygens (including phenoxy) is 1. The molecule has 3 atom stereocenters. The molecule has 3 heterocycles. The summed E-state index contributed by atoms with van der Waals surface area (Å²) in [5.74, 6) is -0.982. The number of nitrogens with two attached hydrogens (primary N) is 1. The van der Waals surface area contributed by atoms with Crippen molar-refractivity contribution in [2.24, 2.45) is 11.7 Å². The number of likely N-dealkylation sites (tertiary alicyclic amines) is 2. The molecule has 3 aliphatic rings. The number of carboxylic acid groups (broad SMARTS) is 1. The van der Waals surface area contributed by atoms with Crippen molar-refractivity contribution in [2.45, 2.75) is 51.0 Å². The molecule has 2 fully saturated rings. The Hall–Kier alpha value is -2.65. The predicted octanol–water partition coefficient (Wildman–Crippen LogP) is 1.30. The van der Waals surface area contributed by atoms with Crippen molar-refractivity contribution in [1.29, 1.82) is 0 Å². The molecular weight excluding hydrogens is 448 g/mol. The van der Waals surface area contributed by atoms with E-state index < -0.39 is 17.9 Å². The molecule has 2 saturated heterocycles. The molecule has 1 aromatic rings. The number of benzene rings is 1. The van der Waals surface area contributed by atoms with Gasteiger partial charge in [-0.3, -0.25) is 19.3 Å². The van der Waals surface area contributed by atoms with Gasteiger partial charge in [0.1, 0.15) is 5.75 Å². The number of carboxylic acids is 1. The maximum Gasteiger partial charge on any atom is 0.308 e. The van der Waals surface area contributed by atoms with E-state index in [1.165, 1.54) is 0 Å². The van der Waals surface area contributed by atoms with Crippen molar-refractivity contribution in [2.75, 3.05) is 52.4 Å². The zero-order valence-electron chi connectivity index (χ0n) is 20.7. The number of aliphatic carboxylic acids is 1. The third-order valence-electron chi connectivity index (χ3n) is 7.63. The van der Waals surface area contributed by atoms with E-state index in [1.807, 2.05) is 17.0 Å². The van der Waals surface area contributed by atoms with Gasteiger partial charge in [-0.05, 0) is 30.0 Å². The maximum absolute atomic E-state index is 13.3. The third kappa shape index (κ3) is 5.62. The molecule has 0 aliphatic carbocycles. The summed E-state index contributed by atoms with van der Waals surface area (Å²) in [6.45, 7) is 5.80. The van der Waals surface area contributed by atoms with Gasteiger partial charge in [0.2, 0.25) is 11.8 Å².